The van der Waals surface area contributed by atoms with Gasteiger partial charge in [0, 0.05) is 24.7 Å². The van der Waals surface area contributed by atoms with Crippen molar-refractivity contribution in [3.05, 3.63) is 69.8 Å². The highest BCUT2D eigenvalue weighted by Crippen LogP contribution is 2.29. The molecule has 120 valence electrons. The van der Waals surface area contributed by atoms with Crippen LogP contribution in [-0.2, 0) is 23.0 Å². The van der Waals surface area contributed by atoms with Crippen LogP contribution >= 0.6 is 0 Å². The molecule has 0 saturated heterocycles. The van der Waals surface area contributed by atoms with Crippen LogP contribution in [0.4, 0.5) is 5.69 Å². The molecule has 23 heavy (non-hydrogen) atoms. The van der Waals surface area contributed by atoms with Gasteiger partial charge in [0.05, 0.1) is 9.82 Å². The normalized spacial score (nSPS) is 18.4. The maximum Gasteiger partial charge on any atom is 0.270 e. The van der Waals surface area contributed by atoms with Crippen molar-refractivity contribution < 1.29 is 13.3 Å². The zero-order chi connectivity index (χ0) is 16.6. The molecule has 0 amide bonds. The summed E-state index contributed by atoms with van der Waals surface area (Å²) in [5, 5.41) is 10.9. The van der Waals surface area contributed by atoms with Crippen LogP contribution in [0.25, 0.3) is 0 Å². The summed E-state index contributed by atoms with van der Waals surface area (Å²) in [7, 11) is -3.78. The smallest absolute Gasteiger partial charge is 0.258 e. The van der Waals surface area contributed by atoms with Crippen LogP contribution in [0.2, 0.25) is 0 Å². The van der Waals surface area contributed by atoms with E-state index in [0.29, 0.717) is 6.42 Å². The first-order chi connectivity index (χ1) is 10.9. The summed E-state index contributed by atoms with van der Waals surface area (Å²) in [6.07, 6.45) is 0.629. The van der Waals surface area contributed by atoms with Crippen LogP contribution in [0.15, 0.2) is 53.4 Å². The molecule has 1 heterocycles. The Morgan fingerprint density at radius 1 is 1.13 bits per heavy atom. The van der Waals surface area contributed by atoms with Crippen LogP contribution in [-0.4, -0.2) is 23.7 Å². The minimum absolute atomic E-state index is 0.0436. The lowest BCUT2D eigenvalue weighted by Gasteiger charge is -2.33. The summed E-state index contributed by atoms with van der Waals surface area (Å²) < 4.78 is 27.2. The molecule has 3 rings (SSSR count). The Hall–Kier alpha value is -2.25. The monoisotopic (exact) mass is 332 g/mol. The van der Waals surface area contributed by atoms with E-state index in [4.69, 9.17) is 0 Å². The fraction of sp³-hybridized carbons (Fsp3) is 0.250. The van der Waals surface area contributed by atoms with Crippen molar-refractivity contribution in [2.75, 3.05) is 0 Å². The number of hydrogen-bond donors (Lipinski definition) is 0. The number of nitro groups is 1. The van der Waals surface area contributed by atoms with Gasteiger partial charge >= 0.3 is 0 Å². The fourth-order valence-electron chi connectivity index (χ4n) is 2.87. The lowest BCUT2D eigenvalue weighted by Crippen LogP contribution is -2.42. The number of nitro benzene ring substituents is 1. The minimum atomic E-state index is -3.78. The molecule has 1 unspecified atom stereocenters. The molecule has 0 radical (unpaired) electrons. The molecule has 1 atom stereocenters. The van der Waals surface area contributed by atoms with Crippen molar-refractivity contribution >= 4 is 15.7 Å². The van der Waals surface area contributed by atoms with Gasteiger partial charge in [0.15, 0.2) is 0 Å². The number of benzene rings is 2. The van der Waals surface area contributed by atoms with E-state index in [9.17, 15) is 18.5 Å². The van der Waals surface area contributed by atoms with Gasteiger partial charge < -0.3 is 0 Å². The minimum Gasteiger partial charge on any atom is -0.258 e. The summed E-state index contributed by atoms with van der Waals surface area (Å²) in [5.41, 5.74) is 1.89. The van der Waals surface area contributed by atoms with Crippen LogP contribution in [0.1, 0.15) is 18.1 Å². The van der Waals surface area contributed by atoms with Gasteiger partial charge in [0.25, 0.3) is 5.69 Å². The van der Waals surface area contributed by atoms with E-state index in [1.165, 1.54) is 22.5 Å². The molecule has 1 aliphatic heterocycles. The zero-order valence-electron chi connectivity index (χ0n) is 12.5. The Balaban J connectivity index is 2.00. The zero-order valence-corrected chi connectivity index (χ0v) is 13.4. The van der Waals surface area contributed by atoms with E-state index < -0.39 is 14.9 Å². The lowest BCUT2D eigenvalue weighted by atomic mass is 9.97. The third-order valence-corrected chi connectivity index (χ3v) is 6.04. The molecular weight excluding hydrogens is 316 g/mol. The van der Waals surface area contributed by atoms with Crippen molar-refractivity contribution in [2.24, 2.45) is 0 Å². The van der Waals surface area contributed by atoms with Gasteiger partial charge in [-0.25, -0.2) is 8.42 Å². The highest BCUT2D eigenvalue weighted by molar-refractivity contribution is 7.89. The van der Waals surface area contributed by atoms with E-state index in [1.54, 1.807) is 0 Å². The van der Waals surface area contributed by atoms with Gasteiger partial charge in [-0.05, 0) is 30.5 Å². The first kappa shape index (κ1) is 15.6. The number of fused-ring (bicyclic) bond motifs is 1. The number of sulfonamides is 1. The topological polar surface area (TPSA) is 80.5 Å². The highest BCUT2D eigenvalue weighted by Gasteiger charge is 2.33. The molecule has 7 heteroatoms. The molecule has 0 spiro atoms. The number of non-ortho nitro benzene ring substituents is 1. The van der Waals surface area contributed by atoms with Crippen molar-refractivity contribution in [3.63, 3.8) is 0 Å². The predicted molar refractivity (Wildman–Crippen MR) is 85.4 cm³/mol. The predicted octanol–water partition coefficient (Wildman–Crippen LogP) is 2.73. The van der Waals surface area contributed by atoms with Gasteiger partial charge in [-0.2, -0.15) is 4.31 Å². The Bertz CT molecular complexity index is 864. The summed E-state index contributed by atoms with van der Waals surface area (Å²) in [5.74, 6) is 0. The Labute approximate surface area is 134 Å². The van der Waals surface area contributed by atoms with Gasteiger partial charge in [-0.1, -0.05) is 30.3 Å². The average molecular weight is 332 g/mol. The molecule has 0 fully saturated rings. The molecule has 0 N–H and O–H groups in total. The maximum atomic E-state index is 12.9. The molecule has 1 aliphatic rings. The summed E-state index contributed by atoms with van der Waals surface area (Å²) in [6.45, 7) is 2.13. The third kappa shape index (κ3) is 2.85. The average Bonchev–Trinajstić information content (AvgIpc) is 2.54. The largest absolute Gasteiger partial charge is 0.270 e. The first-order valence-corrected chi connectivity index (χ1v) is 8.66. The van der Waals surface area contributed by atoms with Gasteiger partial charge in [-0.15, -0.1) is 0 Å². The second-order valence-electron chi connectivity index (χ2n) is 5.63. The quantitative estimate of drug-likeness (QED) is 0.639. The summed E-state index contributed by atoms with van der Waals surface area (Å²) in [4.78, 5) is 10.2. The van der Waals surface area contributed by atoms with Crippen molar-refractivity contribution in [1.29, 1.82) is 0 Å². The Morgan fingerprint density at radius 3 is 2.52 bits per heavy atom. The molecule has 0 aliphatic carbocycles. The van der Waals surface area contributed by atoms with Crippen LogP contribution < -0.4 is 0 Å². The molecule has 0 bridgehead atoms. The Morgan fingerprint density at radius 2 is 1.83 bits per heavy atom. The standard InChI is InChI=1S/C16H16N2O4S/c1-12-9-13-5-2-3-6-14(13)11-17(12)23(21,22)16-8-4-7-15(10-16)18(19)20/h2-8,10,12H,9,11H2,1H3. The highest BCUT2D eigenvalue weighted by atomic mass is 32.2. The first-order valence-electron chi connectivity index (χ1n) is 7.22. The van der Waals surface area contributed by atoms with Gasteiger partial charge in [0.1, 0.15) is 0 Å². The SMILES string of the molecule is CC1Cc2ccccc2CN1S(=O)(=O)c1cccc([N+](=O)[O-])c1. The van der Waals surface area contributed by atoms with Crippen LogP contribution in [0, 0.1) is 10.1 Å². The number of hydrogen-bond acceptors (Lipinski definition) is 4. The van der Waals surface area contributed by atoms with Crippen LogP contribution in [0.5, 0.6) is 0 Å². The second kappa shape index (κ2) is 5.75. The van der Waals surface area contributed by atoms with Crippen molar-refractivity contribution in [1.82, 2.24) is 4.31 Å². The lowest BCUT2D eigenvalue weighted by molar-refractivity contribution is -0.385. The van der Waals surface area contributed by atoms with E-state index >= 15 is 0 Å². The molecule has 0 aromatic heterocycles. The van der Waals surface area contributed by atoms with E-state index in [2.05, 4.69) is 0 Å². The van der Waals surface area contributed by atoms with Crippen molar-refractivity contribution in [3.8, 4) is 0 Å². The maximum absolute atomic E-state index is 12.9. The molecule has 2 aromatic carbocycles. The van der Waals surface area contributed by atoms with Gasteiger partial charge in [-0.3, -0.25) is 10.1 Å². The van der Waals surface area contributed by atoms with Gasteiger partial charge in [0.2, 0.25) is 10.0 Å². The molecule has 2 aromatic rings. The van der Waals surface area contributed by atoms with Crippen LogP contribution in [0.3, 0.4) is 0 Å². The molecular formula is C16H16N2O4S. The third-order valence-electron chi connectivity index (χ3n) is 4.09. The van der Waals surface area contributed by atoms with E-state index in [0.717, 1.165) is 17.2 Å². The summed E-state index contributed by atoms with van der Waals surface area (Å²) in [6, 6.07) is 12.7. The van der Waals surface area contributed by atoms with E-state index in [-0.39, 0.29) is 23.2 Å². The number of nitrogens with zero attached hydrogens (tertiary/aromatic N) is 2. The number of rotatable bonds is 3. The molecule has 0 saturated carbocycles. The Kier molecular flexibility index (Phi) is 3.91. The summed E-state index contributed by atoms with van der Waals surface area (Å²) >= 11 is 0. The fourth-order valence-corrected chi connectivity index (χ4v) is 4.52. The van der Waals surface area contributed by atoms with E-state index in [1.807, 2.05) is 31.2 Å². The second-order valence-corrected chi connectivity index (χ2v) is 7.52. The molecule has 6 nitrogen and oxygen atoms in total. The van der Waals surface area contributed by atoms with Crippen molar-refractivity contribution in [2.45, 2.75) is 30.8 Å².